The molecule has 1 saturated heterocycles. The number of hydrogen-bond acceptors (Lipinski definition) is 4. The number of amides is 3. The summed E-state index contributed by atoms with van der Waals surface area (Å²) in [6.45, 7) is 3.47. The number of urea groups is 1. The first kappa shape index (κ1) is 14.3. The second kappa shape index (κ2) is 6.86. The van der Waals surface area contributed by atoms with Gasteiger partial charge in [0.15, 0.2) is 0 Å². The molecule has 6 nitrogen and oxygen atoms in total. The van der Waals surface area contributed by atoms with E-state index in [0.29, 0.717) is 18.5 Å². The van der Waals surface area contributed by atoms with Crippen molar-refractivity contribution in [2.75, 3.05) is 33.2 Å². The molecule has 0 atom stereocenters. The average Bonchev–Trinajstić information content (AvgIpc) is 3.23. The molecule has 2 aliphatic rings. The molecule has 108 valence electrons. The molecule has 0 aromatic carbocycles. The van der Waals surface area contributed by atoms with Crippen LogP contribution in [0.5, 0.6) is 0 Å². The largest absolute Gasteiger partial charge is 0.341 e. The molecular weight excluding hydrogens is 244 g/mol. The van der Waals surface area contributed by atoms with Crippen molar-refractivity contribution in [2.24, 2.45) is 5.92 Å². The molecule has 1 heterocycles. The number of imide groups is 1. The van der Waals surface area contributed by atoms with E-state index >= 15 is 0 Å². The Kier molecular flexibility index (Phi) is 5.15. The Morgan fingerprint density at radius 3 is 2.47 bits per heavy atom. The molecule has 3 amide bonds. The normalized spacial score (nSPS) is 20.3. The van der Waals surface area contributed by atoms with Crippen LogP contribution in [0.15, 0.2) is 0 Å². The number of carbonyl (C=O) groups excluding carboxylic acids is 2. The Labute approximate surface area is 114 Å². The first-order valence-electron chi connectivity index (χ1n) is 7.15. The fourth-order valence-electron chi connectivity index (χ4n) is 2.59. The molecule has 6 heteroatoms. The summed E-state index contributed by atoms with van der Waals surface area (Å²) in [5, 5.41) is 8.09. The van der Waals surface area contributed by atoms with Gasteiger partial charge in [-0.2, -0.15) is 0 Å². The minimum Gasteiger partial charge on any atom is -0.341 e. The van der Waals surface area contributed by atoms with Crippen molar-refractivity contribution >= 4 is 11.9 Å². The molecule has 2 fully saturated rings. The summed E-state index contributed by atoms with van der Waals surface area (Å²) in [6.07, 6.45) is 4.72. The van der Waals surface area contributed by atoms with Crippen LogP contribution in [0.3, 0.4) is 0 Å². The SMILES string of the molecule is CNC(=O)NC(=O)CN(CC1CCNCC1)C1CC1. The van der Waals surface area contributed by atoms with E-state index in [-0.39, 0.29) is 5.91 Å². The third kappa shape index (κ3) is 4.80. The number of hydrogen-bond donors (Lipinski definition) is 3. The second-order valence-corrected chi connectivity index (χ2v) is 5.48. The van der Waals surface area contributed by atoms with E-state index in [1.807, 2.05) is 0 Å². The van der Waals surface area contributed by atoms with Crippen LogP contribution >= 0.6 is 0 Å². The molecule has 1 saturated carbocycles. The second-order valence-electron chi connectivity index (χ2n) is 5.48. The standard InChI is InChI=1S/C13H24N4O2/c1-14-13(19)16-12(18)9-17(11-2-3-11)8-10-4-6-15-7-5-10/h10-11,15H,2-9H2,1H3,(H2,14,16,18,19). The summed E-state index contributed by atoms with van der Waals surface area (Å²) in [6, 6.07) is 0.118. The van der Waals surface area contributed by atoms with E-state index in [4.69, 9.17) is 0 Å². The van der Waals surface area contributed by atoms with Crippen molar-refractivity contribution in [1.29, 1.82) is 0 Å². The highest BCUT2D eigenvalue weighted by molar-refractivity contribution is 5.95. The minimum atomic E-state index is -0.428. The zero-order valence-corrected chi connectivity index (χ0v) is 11.6. The third-order valence-electron chi connectivity index (χ3n) is 3.84. The Morgan fingerprint density at radius 1 is 1.21 bits per heavy atom. The Bertz CT molecular complexity index is 325. The smallest absolute Gasteiger partial charge is 0.321 e. The molecule has 0 aromatic heterocycles. The number of nitrogens with zero attached hydrogens (tertiary/aromatic N) is 1. The van der Waals surface area contributed by atoms with Crippen molar-refractivity contribution < 1.29 is 9.59 Å². The van der Waals surface area contributed by atoms with Gasteiger partial charge >= 0.3 is 6.03 Å². The molecule has 1 aliphatic heterocycles. The highest BCUT2D eigenvalue weighted by Crippen LogP contribution is 2.28. The lowest BCUT2D eigenvalue weighted by Crippen LogP contribution is -2.46. The van der Waals surface area contributed by atoms with Crippen LogP contribution in [-0.2, 0) is 4.79 Å². The fraction of sp³-hybridized carbons (Fsp3) is 0.846. The monoisotopic (exact) mass is 268 g/mol. The van der Waals surface area contributed by atoms with Crippen LogP contribution in [-0.4, -0.2) is 56.1 Å². The van der Waals surface area contributed by atoms with Crippen LogP contribution in [0, 0.1) is 5.92 Å². The summed E-state index contributed by atoms with van der Waals surface area (Å²) >= 11 is 0. The van der Waals surface area contributed by atoms with Crippen LogP contribution in [0.4, 0.5) is 4.79 Å². The van der Waals surface area contributed by atoms with Crippen molar-refractivity contribution in [3.8, 4) is 0 Å². The number of rotatable bonds is 5. The van der Waals surface area contributed by atoms with Gasteiger partial charge in [0.25, 0.3) is 0 Å². The zero-order valence-electron chi connectivity index (χ0n) is 11.6. The predicted molar refractivity (Wildman–Crippen MR) is 72.8 cm³/mol. The average molecular weight is 268 g/mol. The van der Waals surface area contributed by atoms with Crippen molar-refractivity contribution in [1.82, 2.24) is 20.9 Å². The van der Waals surface area contributed by atoms with Crippen LogP contribution in [0.1, 0.15) is 25.7 Å². The number of carbonyl (C=O) groups is 2. The fourth-order valence-corrected chi connectivity index (χ4v) is 2.59. The summed E-state index contributed by atoms with van der Waals surface area (Å²) in [4.78, 5) is 25.1. The van der Waals surface area contributed by atoms with Crippen molar-refractivity contribution in [3.05, 3.63) is 0 Å². The molecular formula is C13H24N4O2. The molecule has 1 aliphatic carbocycles. The van der Waals surface area contributed by atoms with Gasteiger partial charge in [-0.25, -0.2) is 4.79 Å². The van der Waals surface area contributed by atoms with E-state index in [1.54, 1.807) is 0 Å². The van der Waals surface area contributed by atoms with Gasteiger partial charge in [-0.15, -0.1) is 0 Å². The van der Waals surface area contributed by atoms with Gasteiger partial charge in [-0.1, -0.05) is 0 Å². The lowest BCUT2D eigenvalue weighted by Gasteiger charge is -2.29. The summed E-state index contributed by atoms with van der Waals surface area (Å²) in [7, 11) is 1.51. The Balaban J connectivity index is 1.78. The molecule has 0 spiro atoms. The quantitative estimate of drug-likeness (QED) is 0.651. The lowest BCUT2D eigenvalue weighted by atomic mass is 9.97. The zero-order chi connectivity index (χ0) is 13.7. The van der Waals surface area contributed by atoms with E-state index in [9.17, 15) is 9.59 Å². The first-order chi connectivity index (χ1) is 9.19. The molecule has 0 radical (unpaired) electrons. The van der Waals surface area contributed by atoms with Gasteiger partial charge in [-0.05, 0) is 44.7 Å². The maximum absolute atomic E-state index is 11.8. The molecule has 0 unspecified atom stereocenters. The van der Waals surface area contributed by atoms with Crippen LogP contribution in [0.25, 0.3) is 0 Å². The summed E-state index contributed by atoms with van der Waals surface area (Å²) in [5.41, 5.74) is 0. The maximum Gasteiger partial charge on any atom is 0.321 e. The van der Waals surface area contributed by atoms with Gasteiger partial charge in [-0.3, -0.25) is 15.0 Å². The topological polar surface area (TPSA) is 73.5 Å². The van der Waals surface area contributed by atoms with Crippen LogP contribution < -0.4 is 16.0 Å². The molecule has 0 aromatic rings. The maximum atomic E-state index is 11.8. The van der Waals surface area contributed by atoms with Gasteiger partial charge < -0.3 is 10.6 Å². The number of nitrogens with one attached hydrogen (secondary N) is 3. The van der Waals surface area contributed by atoms with Gasteiger partial charge in [0.05, 0.1) is 6.54 Å². The molecule has 3 N–H and O–H groups in total. The Morgan fingerprint density at radius 2 is 1.89 bits per heavy atom. The first-order valence-corrected chi connectivity index (χ1v) is 7.15. The molecule has 19 heavy (non-hydrogen) atoms. The highest BCUT2D eigenvalue weighted by Gasteiger charge is 2.32. The number of piperidine rings is 1. The predicted octanol–water partition coefficient (Wildman–Crippen LogP) is -0.0940. The third-order valence-corrected chi connectivity index (χ3v) is 3.84. The van der Waals surface area contributed by atoms with Gasteiger partial charge in [0.2, 0.25) is 5.91 Å². The van der Waals surface area contributed by atoms with Crippen molar-refractivity contribution in [2.45, 2.75) is 31.7 Å². The van der Waals surface area contributed by atoms with Gasteiger partial charge in [0, 0.05) is 19.6 Å². The minimum absolute atomic E-state index is 0.208. The lowest BCUT2D eigenvalue weighted by molar-refractivity contribution is -0.121. The summed E-state index contributed by atoms with van der Waals surface area (Å²) in [5.74, 6) is 0.467. The Hall–Kier alpha value is -1.14. The van der Waals surface area contributed by atoms with E-state index in [2.05, 4.69) is 20.9 Å². The highest BCUT2D eigenvalue weighted by atomic mass is 16.2. The van der Waals surface area contributed by atoms with Gasteiger partial charge in [0.1, 0.15) is 0 Å². The van der Waals surface area contributed by atoms with E-state index in [1.165, 1.54) is 32.7 Å². The van der Waals surface area contributed by atoms with Crippen molar-refractivity contribution in [3.63, 3.8) is 0 Å². The van der Waals surface area contributed by atoms with Crippen LogP contribution in [0.2, 0.25) is 0 Å². The van der Waals surface area contributed by atoms with E-state index < -0.39 is 6.03 Å². The van der Waals surface area contributed by atoms with E-state index in [0.717, 1.165) is 19.6 Å². The molecule has 2 rings (SSSR count). The molecule has 0 bridgehead atoms. The summed E-state index contributed by atoms with van der Waals surface area (Å²) < 4.78 is 0.